The number of nitrogens with zero attached hydrogens (tertiary/aromatic N) is 1. The first-order valence-electron chi connectivity index (χ1n) is 12.8. The number of aryl methyl sites for hydroxylation is 1. The van der Waals surface area contributed by atoms with E-state index in [1.165, 1.54) is 27.9 Å². The maximum Gasteiger partial charge on any atom is 0.159 e. The minimum atomic E-state index is -0.0977. The van der Waals surface area contributed by atoms with E-state index in [2.05, 4.69) is 77.7 Å². The number of rotatable bonds is 7. The van der Waals surface area contributed by atoms with Gasteiger partial charge in [-0.25, -0.2) is 0 Å². The second-order valence-corrected chi connectivity index (χ2v) is 9.85. The first-order valence-corrected chi connectivity index (χ1v) is 12.8. The van der Waals surface area contributed by atoms with E-state index in [-0.39, 0.29) is 6.29 Å². The van der Waals surface area contributed by atoms with Gasteiger partial charge in [0.25, 0.3) is 0 Å². The Balaban J connectivity index is 1.40. The van der Waals surface area contributed by atoms with E-state index in [1.54, 1.807) is 21.3 Å². The predicted molar refractivity (Wildman–Crippen MR) is 142 cm³/mol. The Kier molecular flexibility index (Phi) is 7.40. The van der Waals surface area contributed by atoms with E-state index < -0.39 is 0 Å². The third-order valence-corrected chi connectivity index (χ3v) is 8.05. The van der Waals surface area contributed by atoms with Gasteiger partial charge in [0.15, 0.2) is 6.29 Å². The van der Waals surface area contributed by atoms with Crippen molar-refractivity contribution in [2.75, 3.05) is 39.3 Å². The highest BCUT2D eigenvalue weighted by atomic mass is 16.7. The molecule has 4 nitrogen and oxygen atoms in total. The smallest absolute Gasteiger partial charge is 0.159 e. The highest BCUT2D eigenvalue weighted by Crippen LogP contribution is 2.47. The average Bonchev–Trinajstić information content (AvgIpc) is 2.94. The summed E-state index contributed by atoms with van der Waals surface area (Å²) >= 11 is 0. The molecule has 2 atom stereocenters. The van der Waals surface area contributed by atoms with E-state index >= 15 is 0 Å². The van der Waals surface area contributed by atoms with Gasteiger partial charge in [-0.3, -0.25) is 0 Å². The molecule has 184 valence electrons. The number of methoxy groups -OCH3 is 3. The number of hydrogen-bond donors (Lipinski definition) is 0. The van der Waals surface area contributed by atoms with E-state index in [0.717, 1.165) is 44.5 Å². The number of hydrogen-bond acceptors (Lipinski definition) is 4. The molecule has 1 aliphatic carbocycles. The molecule has 0 radical (unpaired) electrons. The molecule has 0 aromatic heterocycles. The van der Waals surface area contributed by atoms with E-state index in [0.29, 0.717) is 17.8 Å². The average molecular weight is 472 g/mol. The summed E-state index contributed by atoms with van der Waals surface area (Å²) in [6.07, 6.45) is 4.30. The SMILES string of the molecule is COc1ccc2c(c1)CC[C@H](c1ccccc1)[C@@H]2c1ccc(N2CCC(C(OC)OC)CC2)cc1. The fourth-order valence-corrected chi connectivity index (χ4v) is 6.20. The molecule has 0 spiro atoms. The summed E-state index contributed by atoms with van der Waals surface area (Å²) in [6.45, 7) is 2.07. The predicted octanol–water partition coefficient (Wildman–Crippen LogP) is 6.39. The molecule has 4 heteroatoms. The summed E-state index contributed by atoms with van der Waals surface area (Å²) in [6, 6.07) is 27.0. The van der Waals surface area contributed by atoms with Gasteiger partial charge >= 0.3 is 0 Å². The lowest BCUT2D eigenvalue weighted by atomic mass is 9.69. The van der Waals surface area contributed by atoms with Gasteiger partial charge in [-0.15, -0.1) is 0 Å². The molecule has 35 heavy (non-hydrogen) atoms. The fourth-order valence-electron chi connectivity index (χ4n) is 6.20. The van der Waals surface area contributed by atoms with Crippen molar-refractivity contribution in [1.82, 2.24) is 0 Å². The largest absolute Gasteiger partial charge is 0.497 e. The van der Waals surface area contributed by atoms with Crippen molar-refractivity contribution < 1.29 is 14.2 Å². The fraction of sp³-hybridized carbons (Fsp3) is 0.419. The first kappa shape index (κ1) is 23.9. The molecule has 1 heterocycles. The lowest BCUT2D eigenvalue weighted by molar-refractivity contribution is -0.141. The van der Waals surface area contributed by atoms with Crippen LogP contribution in [0.15, 0.2) is 72.8 Å². The van der Waals surface area contributed by atoms with Crippen molar-refractivity contribution in [2.24, 2.45) is 5.92 Å². The second-order valence-electron chi connectivity index (χ2n) is 9.85. The Morgan fingerprint density at radius 1 is 0.771 bits per heavy atom. The molecule has 1 saturated heterocycles. The van der Waals surface area contributed by atoms with E-state index in [9.17, 15) is 0 Å². The van der Waals surface area contributed by atoms with Crippen molar-refractivity contribution in [2.45, 2.75) is 43.8 Å². The minimum Gasteiger partial charge on any atom is -0.497 e. The molecule has 3 aromatic rings. The lowest BCUT2D eigenvalue weighted by Crippen LogP contribution is -2.39. The van der Waals surface area contributed by atoms with Crippen LogP contribution in [0.1, 0.15) is 53.4 Å². The zero-order valence-corrected chi connectivity index (χ0v) is 21.2. The maximum absolute atomic E-state index is 5.53. The summed E-state index contributed by atoms with van der Waals surface area (Å²) in [5.41, 5.74) is 6.97. The molecule has 2 aliphatic rings. The maximum atomic E-state index is 5.53. The highest BCUT2D eigenvalue weighted by Gasteiger charge is 2.32. The number of piperidine rings is 1. The van der Waals surface area contributed by atoms with Crippen LogP contribution in [-0.4, -0.2) is 40.7 Å². The summed E-state index contributed by atoms with van der Waals surface area (Å²) in [5.74, 6) is 2.22. The van der Waals surface area contributed by atoms with Gasteiger partial charge in [-0.1, -0.05) is 48.5 Å². The Morgan fingerprint density at radius 3 is 2.14 bits per heavy atom. The molecule has 0 amide bonds. The lowest BCUT2D eigenvalue weighted by Gasteiger charge is -2.37. The van der Waals surface area contributed by atoms with Crippen LogP contribution in [0.25, 0.3) is 0 Å². The molecule has 0 saturated carbocycles. The quantitative estimate of drug-likeness (QED) is 0.374. The number of benzene rings is 3. The van der Waals surface area contributed by atoms with Crippen LogP contribution in [0.3, 0.4) is 0 Å². The van der Waals surface area contributed by atoms with Crippen molar-refractivity contribution in [3.8, 4) is 5.75 Å². The van der Waals surface area contributed by atoms with Crippen LogP contribution < -0.4 is 9.64 Å². The second kappa shape index (κ2) is 10.8. The van der Waals surface area contributed by atoms with Gasteiger partial charge in [0.2, 0.25) is 0 Å². The van der Waals surface area contributed by atoms with Crippen molar-refractivity contribution in [1.29, 1.82) is 0 Å². The molecule has 5 rings (SSSR count). The molecule has 0 bridgehead atoms. The highest BCUT2D eigenvalue weighted by molar-refractivity contribution is 5.52. The zero-order valence-electron chi connectivity index (χ0n) is 21.2. The van der Waals surface area contributed by atoms with Gasteiger partial charge < -0.3 is 19.1 Å². The topological polar surface area (TPSA) is 30.9 Å². The standard InChI is InChI=1S/C31H37NO3/c1-33-27-14-16-29-25(21-27)11-15-28(22-7-5-4-6-8-22)30(29)23-9-12-26(13-10-23)32-19-17-24(18-20-32)31(34-2)35-3/h4-10,12-14,16,21,24,28,30-31H,11,15,17-20H2,1-3H3/t28-,30+/m1/s1. The minimum absolute atomic E-state index is 0.0977. The van der Waals surface area contributed by atoms with Crippen LogP contribution in [-0.2, 0) is 15.9 Å². The molecule has 1 fully saturated rings. The van der Waals surface area contributed by atoms with Crippen LogP contribution in [0.2, 0.25) is 0 Å². The van der Waals surface area contributed by atoms with Gasteiger partial charge in [-0.05, 0) is 78.1 Å². The van der Waals surface area contributed by atoms with Crippen molar-refractivity contribution in [3.63, 3.8) is 0 Å². The van der Waals surface area contributed by atoms with Gasteiger partial charge in [-0.2, -0.15) is 0 Å². The summed E-state index contributed by atoms with van der Waals surface area (Å²) in [5, 5.41) is 0. The Bertz CT molecular complexity index is 1090. The summed E-state index contributed by atoms with van der Waals surface area (Å²) in [4.78, 5) is 2.50. The molecule has 0 unspecified atom stereocenters. The molecule has 0 N–H and O–H groups in total. The van der Waals surface area contributed by atoms with E-state index in [4.69, 9.17) is 14.2 Å². The summed E-state index contributed by atoms with van der Waals surface area (Å²) in [7, 11) is 5.23. The monoisotopic (exact) mass is 471 g/mol. The van der Waals surface area contributed by atoms with Crippen molar-refractivity contribution >= 4 is 5.69 Å². The van der Waals surface area contributed by atoms with E-state index in [1.807, 2.05) is 0 Å². The van der Waals surface area contributed by atoms with Gasteiger partial charge in [0.05, 0.1) is 7.11 Å². The Morgan fingerprint density at radius 2 is 1.49 bits per heavy atom. The molecule has 3 aromatic carbocycles. The normalized spacial score (nSPS) is 20.6. The first-order chi connectivity index (χ1) is 17.2. The number of anilines is 1. The Hall–Kier alpha value is -2.82. The zero-order chi connectivity index (χ0) is 24.2. The van der Waals surface area contributed by atoms with Crippen LogP contribution >= 0.6 is 0 Å². The van der Waals surface area contributed by atoms with Crippen LogP contribution in [0.4, 0.5) is 5.69 Å². The summed E-state index contributed by atoms with van der Waals surface area (Å²) < 4.78 is 16.5. The third kappa shape index (κ3) is 4.96. The molecular formula is C31H37NO3. The van der Waals surface area contributed by atoms with Gasteiger partial charge in [0, 0.05) is 44.8 Å². The third-order valence-electron chi connectivity index (χ3n) is 8.05. The Labute approximate surface area is 209 Å². The number of fused-ring (bicyclic) bond motifs is 1. The molecule has 1 aliphatic heterocycles. The van der Waals surface area contributed by atoms with Crippen LogP contribution in [0.5, 0.6) is 5.75 Å². The van der Waals surface area contributed by atoms with Crippen LogP contribution in [0, 0.1) is 5.92 Å². The molecular weight excluding hydrogens is 434 g/mol. The number of ether oxygens (including phenoxy) is 3. The van der Waals surface area contributed by atoms with Gasteiger partial charge in [0.1, 0.15) is 5.75 Å². The van der Waals surface area contributed by atoms with Crippen molar-refractivity contribution in [3.05, 3.63) is 95.1 Å².